The zero-order valence-corrected chi connectivity index (χ0v) is 19.9. The molecule has 1 saturated carbocycles. The van der Waals surface area contributed by atoms with Gasteiger partial charge in [-0.15, -0.1) is 24.0 Å². The average molecular weight is 511 g/mol. The van der Waals surface area contributed by atoms with Crippen LogP contribution in [0.4, 0.5) is 0 Å². The minimum Gasteiger partial charge on any atom is -0.385 e. The summed E-state index contributed by atoms with van der Waals surface area (Å²) in [6, 6.07) is 8.61. The first-order valence-electron chi connectivity index (χ1n) is 10.3. The molecule has 160 valence electrons. The fraction of sp³-hybridized carbons (Fsp3) is 0.545. The van der Waals surface area contributed by atoms with Crippen LogP contribution in [0.25, 0.3) is 0 Å². The molecule has 0 bridgehead atoms. The van der Waals surface area contributed by atoms with Crippen LogP contribution in [-0.4, -0.2) is 42.3 Å². The van der Waals surface area contributed by atoms with E-state index >= 15 is 0 Å². The Morgan fingerprint density at radius 1 is 1.28 bits per heavy atom. The van der Waals surface area contributed by atoms with Gasteiger partial charge in [0.25, 0.3) is 0 Å². The summed E-state index contributed by atoms with van der Waals surface area (Å²) in [6.07, 6.45) is 10.6. The number of rotatable bonds is 10. The van der Waals surface area contributed by atoms with Gasteiger partial charge in [0.1, 0.15) is 0 Å². The first-order valence-corrected chi connectivity index (χ1v) is 10.3. The van der Waals surface area contributed by atoms with E-state index in [2.05, 4.69) is 51.4 Å². The van der Waals surface area contributed by atoms with Crippen molar-refractivity contribution in [3.05, 3.63) is 54.1 Å². The van der Waals surface area contributed by atoms with Crippen LogP contribution in [-0.2, 0) is 17.8 Å². The summed E-state index contributed by atoms with van der Waals surface area (Å²) in [6.45, 7) is 6.25. The van der Waals surface area contributed by atoms with Crippen LogP contribution < -0.4 is 10.6 Å². The van der Waals surface area contributed by atoms with Crippen LogP contribution in [0, 0.1) is 5.41 Å². The maximum Gasteiger partial charge on any atom is 0.191 e. The van der Waals surface area contributed by atoms with Crippen molar-refractivity contribution in [3.8, 4) is 0 Å². The number of aromatic nitrogens is 2. The lowest BCUT2D eigenvalue weighted by atomic mass is 9.67. The average Bonchev–Trinajstić information content (AvgIpc) is 3.18. The molecule has 1 aromatic carbocycles. The SMILES string of the molecule is CCNC(=NCc1cccc(Cn2ccnc2)c1)NCC1(CCOC)CCC1.I. The monoisotopic (exact) mass is 511 g/mol. The highest BCUT2D eigenvalue weighted by Gasteiger charge is 2.36. The zero-order valence-electron chi connectivity index (χ0n) is 17.6. The van der Waals surface area contributed by atoms with Crippen molar-refractivity contribution in [3.63, 3.8) is 0 Å². The van der Waals surface area contributed by atoms with Gasteiger partial charge in [0.15, 0.2) is 5.96 Å². The number of halogens is 1. The number of hydrogen-bond donors (Lipinski definition) is 2. The van der Waals surface area contributed by atoms with Gasteiger partial charge in [-0.05, 0) is 42.7 Å². The molecule has 1 fully saturated rings. The van der Waals surface area contributed by atoms with Gasteiger partial charge in [-0.3, -0.25) is 0 Å². The van der Waals surface area contributed by atoms with Gasteiger partial charge < -0.3 is 19.9 Å². The summed E-state index contributed by atoms with van der Waals surface area (Å²) in [4.78, 5) is 8.92. The topological polar surface area (TPSA) is 63.5 Å². The van der Waals surface area contributed by atoms with Gasteiger partial charge in [-0.2, -0.15) is 0 Å². The Hall–Kier alpha value is -1.61. The molecule has 0 aliphatic heterocycles. The first kappa shape index (κ1) is 23.7. The molecule has 29 heavy (non-hydrogen) atoms. The van der Waals surface area contributed by atoms with Gasteiger partial charge in [0.05, 0.1) is 12.9 Å². The van der Waals surface area contributed by atoms with Gasteiger partial charge >= 0.3 is 0 Å². The molecule has 6 nitrogen and oxygen atoms in total. The maximum absolute atomic E-state index is 5.30. The smallest absolute Gasteiger partial charge is 0.191 e. The molecule has 3 rings (SSSR count). The number of benzene rings is 1. The standard InChI is InChI=1S/C22H33N5O.HI/c1-3-24-21(26-17-22(8-5-9-22)10-13-28-2)25-15-19-6-4-7-20(14-19)16-27-12-11-23-18-27;/h4,6-7,11-12,14,18H,3,5,8-10,13,15-17H2,1-2H3,(H2,24,25,26);1H. The quantitative estimate of drug-likeness (QED) is 0.289. The van der Waals surface area contributed by atoms with E-state index in [9.17, 15) is 0 Å². The molecule has 1 aliphatic rings. The highest BCUT2D eigenvalue weighted by Crippen LogP contribution is 2.43. The Bertz CT molecular complexity index is 743. The van der Waals surface area contributed by atoms with E-state index in [0.29, 0.717) is 12.0 Å². The van der Waals surface area contributed by atoms with Gasteiger partial charge in [0.2, 0.25) is 0 Å². The molecule has 2 N–H and O–H groups in total. The Balaban J connectivity index is 0.00000300. The van der Waals surface area contributed by atoms with E-state index in [4.69, 9.17) is 9.73 Å². The second-order valence-corrected chi connectivity index (χ2v) is 7.70. The highest BCUT2D eigenvalue weighted by atomic mass is 127. The summed E-state index contributed by atoms with van der Waals surface area (Å²) in [5.41, 5.74) is 2.85. The minimum absolute atomic E-state index is 0. The second-order valence-electron chi connectivity index (χ2n) is 7.70. The molecule has 0 atom stereocenters. The number of nitrogens with one attached hydrogen (secondary N) is 2. The van der Waals surface area contributed by atoms with Crippen LogP contribution in [0.2, 0.25) is 0 Å². The molecule has 1 heterocycles. The molecular formula is C22H34IN5O. The van der Waals surface area contributed by atoms with Crippen LogP contribution in [0.1, 0.15) is 43.7 Å². The number of guanidine groups is 1. The van der Waals surface area contributed by atoms with Crippen molar-refractivity contribution < 1.29 is 4.74 Å². The molecule has 7 heteroatoms. The molecule has 0 radical (unpaired) electrons. The van der Waals surface area contributed by atoms with Gasteiger partial charge in [-0.25, -0.2) is 9.98 Å². The largest absolute Gasteiger partial charge is 0.385 e. The second kappa shape index (κ2) is 12.2. The van der Waals surface area contributed by atoms with Crippen molar-refractivity contribution in [1.82, 2.24) is 20.2 Å². The van der Waals surface area contributed by atoms with Crippen molar-refractivity contribution >= 4 is 29.9 Å². The molecule has 1 aromatic heterocycles. The van der Waals surface area contributed by atoms with Gasteiger partial charge in [-0.1, -0.05) is 30.7 Å². The summed E-state index contributed by atoms with van der Waals surface area (Å²) in [7, 11) is 1.78. The summed E-state index contributed by atoms with van der Waals surface area (Å²) in [5.74, 6) is 0.895. The van der Waals surface area contributed by atoms with E-state index in [1.165, 1.54) is 30.4 Å². The van der Waals surface area contributed by atoms with Crippen LogP contribution in [0.3, 0.4) is 0 Å². The summed E-state index contributed by atoms with van der Waals surface area (Å²) >= 11 is 0. The Morgan fingerprint density at radius 3 is 2.76 bits per heavy atom. The van der Waals surface area contributed by atoms with Crippen LogP contribution in [0.15, 0.2) is 48.0 Å². The normalized spacial score (nSPS) is 15.3. The molecule has 0 saturated heterocycles. The third-order valence-electron chi connectivity index (χ3n) is 5.56. The number of hydrogen-bond acceptors (Lipinski definition) is 3. The lowest BCUT2D eigenvalue weighted by molar-refractivity contribution is 0.0732. The Kier molecular flexibility index (Phi) is 9.93. The van der Waals surface area contributed by atoms with Crippen molar-refractivity contribution in [1.29, 1.82) is 0 Å². The minimum atomic E-state index is 0. The third-order valence-corrected chi connectivity index (χ3v) is 5.56. The Morgan fingerprint density at radius 2 is 2.10 bits per heavy atom. The summed E-state index contributed by atoms with van der Waals surface area (Å²) < 4.78 is 7.38. The van der Waals surface area contributed by atoms with Crippen molar-refractivity contribution in [2.75, 3.05) is 26.8 Å². The lowest BCUT2D eigenvalue weighted by Gasteiger charge is -2.42. The maximum atomic E-state index is 5.30. The van der Waals surface area contributed by atoms with E-state index in [1.807, 2.05) is 18.7 Å². The van der Waals surface area contributed by atoms with Crippen LogP contribution in [0.5, 0.6) is 0 Å². The molecule has 0 amide bonds. The van der Waals surface area contributed by atoms with E-state index in [-0.39, 0.29) is 24.0 Å². The molecule has 2 aromatic rings. The van der Waals surface area contributed by atoms with Crippen molar-refractivity contribution in [2.24, 2.45) is 10.4 Å². The number of ether oxygens (including phenoxy) is 1. The van der Waals surface area contributed by atoms with E-state index in [1.54, 1.807) is 7.11 Å². The predicted octanol–water partition coefficient (Wildman–Crippen LogP) is 3.81. The van der Waals surface area contributed by atoms with E-state index < -0.39 is 0 Å². The van der Waals surface area contributed by atoms with Gasteiger partial charge in [0, 0.05) is 45.7 Å². The fourth-order valence-electron chi connectivity index (χ4n) is 3.71. The Labute approximate surface area is 191 Å². The first-order chi connectivity index (χ1) is 13.7. The lowest BCUT2D eigenvalue weighted by Crippen LogP contribution is -2.46. The number of aliphatic imine (C=N–C) groups is 1. The number of nitrogens with zero attached hydrogens (tertiary/aromatic N) is 3. The van der Waals surface area contributed by atoms with E-state index in [0.717, 1.165) is 38.6 Å². The van der Waals surface area contributed by atoms with Crippen molar-refractivity contribution in [2.45, 2.75) is 45.7 Å². The predicted molar refractivity (Wildman–Crippen MR) is 129 cm³/mol. The molecule has 0 unspecified atom stereocenters. The highest BCUT2D eigenvalue weighted by molar-refractivity contribution is 14.0. The number of imidazole rings is 1. The molecular weight excluding hydrogens is 477 g/mol. The number of methoxy groups -OCH3 is 1. The summed E-state index contributed by atoms with van der Waals surface area (Å²) in [5, 5.41) is 6.94. The van der Waals surface area contributed by atoms with Crippen LogP contribution >= 0.6 is 24.0 Å². The molecule has 0 spiro atoms. The molecule has 1 aliphatic carbocycles. The zero-order chi connectivity index (χ0) is 19.7. The third kappa shape index (κ3) is 7.29. The fourth-order valence-corrected chi connectivity index (χ4v) is 3.71.